The molecule has 3 aromatic heterocycles. The molecule has 3 N–H and O–H groups in total. The fraction of sp³-hybridized carbons (Fsp3) is 0.217. The molecule has 0 saturated heterocycles. The summed E-state index contributed by atoms with van der Waals surface area (Å²) in [6.45, 7) is 5.90. The smallest absolute Gasteiger partial charge is 0.289 e. The lowest BCUT2D eigenvalue weighted by molar-refractivity contribution is 0.0920. The zero-order valence-corrected chi connectivity index (χ0v) is 18.2. The molecule has 0 radical (unpaired) electrons. The van der Waals surface area contributed by atoms with Crippen molar-refractivity contribution in [1.29, 1.82) is 0 Å². The minimum absolute atomic E-state index is 0.208. The van der Waals surface area contributed by atoms with Gasteiger partial charge in [0.15, 0.2) is 5.89 Å². The highest BCUT2D eigenvalue weighted by Crippen LogP contribution is 2.21. The Bertz CT molecular complexity index is 1280. The Kier molecular flexibility index (Phi) is 5.61. The number of rotatable bonds is 5. The molecule has 4 rings (SSSR count). The average molecular weight is 436 g/mol. The second kappa shape index (κ2) is 8.35. The maximum atomic E-state index is 12.7. The van der Waals surface area contributed by atoms with Gasteiger partial charge in [-0.25, -0.2) is 9.97 Å². The summed E-state index contributed by atoms with van der Waals surface area (Å²) in [7, 11) is 0. The van der Waals surface area contributed by atoms with Crippen molar-refractivity contribution in [2.45, 2.75) is 33.7 Å². The number of nitrogens with one attached hydrogen (secondary N) is 1. The molecule has 4 aromatic rings. The zero-order chi connectivity index (χ0) is 22.1. The van der Waals surface area contributed by atoms with Crippen molar-refractivity contribution in [1.82, 2.24) is 20.3 Å². The minimum Gasteiger partial charge on any atom is -0.435 e. The number of hydrogen-bond donors (Lipinski definition) is 2. The Morgan fingerprint density at radius 3 is 2.71 bits per heavy atom. The lowest BCUT2D eigenvalue weighted by Gasteiger charge is -2.10. The molecule has 0 aliphatic rings. The lowest BCUT2D eigenvalue weighted by atomic mass is 10.1. The van der Waals surface area contributed by atoms with Gasteiger partial charge in [-0.05, 0) is 61.7 Å². The number of carbonyl (C=O) groups excluding carboxylic acids is 1. The van der Waals surface area contributed by atoms with E-state index in [0.29, 0.717) is 35.4 Å². The topological polar surface area (TPSA) is 107 Å². The van der Waals surface area contributed by atoms with Crippen LogP contribution in [0.5, 0.6) is 0 Å². The van der Waals surface area contributed by atoms with Crippen LogP contribution in [0.2, 0.25) is 5.02 Å². The van der Waals surface area contributed by atoms with Gasteiger partial charge in [-0.3, -0.25) is 9.78 Å². The fourth-order valence-electron chi connectivity index (χ4n) is 3.58. The molecule has 0 atom stereocenters. The number of fused-ring (bicyclic) bond motifs is 1. The molecule has 1 amide bonds. The Morgan fingerprint density at radius 2 is 1.94 bits per heavy atom. The van der Waals surface area contributed by atoms with Crippen LogP contribution in [0.3, 0.4) is 0 Å². The number of nitrogens with two attached hydrogens (primary N) is 1. The zero-order valence-electron chi connectivity index (χ0n) is 17.5. The number of pyridine rings is 2. The van der Waals surface area contributed by atoms with Gasteiger partial charge in [0.2, 0.25) is 5.76 Å². The molecule has 0 aliphatic carbocycles. The highest BCUT2D eigenvalue weighted by Gasteiger charge is 2.18. The van der Waals surface area contributed by atoms with Crippen LogP contribution in [0.4, 0.5) is 5.82 Å². The summed E-state index contributed by atoms with van der Waals surface area (Å²) >= 11 is 6.04. The van der Waals surface area contributed by atoms with Gasteiger partial charge in [-0.2, -0.15) is 0 Å². The number of anilines is 1. The molecule has 7 nitrogen and oxygen atoms in total. The molecular weight excluding hydrogens is 414 g/mol. The number of benzene rings is 1. The molecule has 0 unspecified atom stereocenters. The molecule has 158 valence electrons. The molecule has 0 fully saturated rings. The van der Waals surface area contributed by atoms with Crippen molar-refractivity contribution in [3.63, 3.8) is 0 Å². The van der Waals surface area contributed by atoms with Gasteiger partial charge in [-0.1, -0.05) is 17.7 Å². The number of aromatic nitrogens is 3. The van der Waals surface area contributed by atoms with Crippen LogP contribution >= 0.6 is 11.6 Å². The van der Waals surface area contributed by atoms with Crippen molar-refractivity contribution in [3.05, 3.63) is 81.3 Å². The van der Waals surface area contributed by atoms with Crippen LogP contribution < -0.4 is 11.1 Å². The summed E-state index contributed by atoms with van der Waals surface area (Å²) < 4.78 is 5.78. The summed E-state index contributed by atoms with van der Waals surface area (Å²) in [6, 6.07) is 9.53. The molecule has 0 bridgehead atoms. The largest absolute Gasteiger partial charge is 0.435 e. The predicted octanol–water partition coefficient (Wildman–Crippen LogP) is 4.30. The van der Waals surface area contributed by atoms with Gasteiger partial charge in [0.1, 0.15) is 5.82 Å². The number of nitrogen functional groups attached to an aromatic ring is 1. The van der Waals surface area contributed by atoms with Crippen LogP contribution in [0, 0.1) is 20.8 Å². The fourth-order valence-corrected chi connectivity index (χ4v) is 3.75. The van der Waals surface area contributed by atoms with Crippen molar-refractivity contribution >= 4 is 34.2 Å². The maximum Gasteiger partial charge on any atom is 0.289 e. The van der Waals surface area contributed by atoms with E-state index in [9.17, 15) is 4.79 Å². The van der Waals surface area contributed by atoms with Crippen LogP contribution in [0.15, 0.2) is 40.9 Å². The van der Waals surface area contributed by atoms with Gasteiger partial charge >= 0.3 is 0 Å². The van der Waals surface area contributed by atoms with E-state index in [-0.39, 0.29) is 11.7 Å². The standard InChI is InChI=1S/C23H22ClN5O2/c1-12-6-20(25)28-13(2)18(12)11-27-23(30)22-14(3)29-21(31-22)8-15-4-5-19-16(7-15)9-17(24)10-26-19/h4-7,9-10H,8,11H2,1-3H3,(H2,25,28)(H,27,30). The van der Waals surface area contributed by atoms with E-state index < -0.39 is 0 Å². The maximum absolute atomic E-state index is 12.7. The first-order valence-electron chi connectivity index (χ1n) is 9.81. The van der Waals surface area contributed by atoms with Crippen LogP contribution in [-0.2, 0) is 13.0 Å². The van der Waals surface area contributed by atoms with Gasteiger partial charge in [0, 0.05) is 30.2 Å². The first-order chi connectivity index (χ1) is 14.8. The summed E-state index contributed by atoms with van der Waals surface area (Å²) in [5, 5.41) is 4.41. The van der Waals surface area contributed by atoms with E-state index in [1.54, 1.807) is 19.2 Å². The van der Waals surface area contributed by atoms with Gasteiger partial charge < -0.3 is 15.5 Å². The molecule has 0 saturated carbocycles. The second-order valence-electron chi connectivity index (χ2n) is 7.49. The van der Waals surface area contributed by atoms with E-state index >= 15 is 0 Å². The average Bonchev–Trinajstić information content (AvgIpc) is 3.06. The number of hydrogen-bond acceptors (Lipinski definition) is 6. The Morgan fingerprint density at radius 1 is 1.13 bits per heavy atom. The second-order valence-corrected chi connectivity index (χ2v) is 7.93. The van der Waals surface area contributed by atoms with Crippen molar-refractivity contribution in [3.8, 4) is 0 Å². The normalized spacial score (nSPS) is 11.1. The summed E-state index contributed by atoms with van der Waals surface area (Å²) in [4.78, 5) is 25.7. The highest BCUT2D eigenvalue weighted by molar-refractivity contribution is 6.31. The summed E-state index contributed by atoms with van der Waals surface area (Å²) in [5.74, 6) is 0.826. The number of halogens is 1. The van der Waals surface area contributed by atoms with Gasteiger partial charge in [0.25, 0.3) is 5.91 Å². The number of nitrogens with zero attached hydrogens (tertiary/aromatic N) is 3. The first kappa shape index (κ1) is 20.8. The molecule has 1 aromatic carbocycles. The third-order valence-electron chi connectivity index (χ3n) is 5.11. The number of carbonyl (C=O) groups is 1. The van der Waals surface area contributed by atoms with Crippen molar-refractivity contribution in [2.24, 2.45) is 0 Å². The summed E-state index contributed by atoms with van der Waals surface area (Å²) in [6.07, 6.45) is 2.08. The van der Waals surface area contributed by atoms with Crippen LogP contribution in [-0.4, -0.2) is 20.9 Å². The van der Waals surface area contributed by atoms with Gasteiger partial charge in [0.05, 0.1) is 16.2 Å². The number of oxazole rings is 1. The molecule has 31 heavy (non-hydrogen) atoms. The predicted molar refractivity (Wildman–Crippen MR) is 120 cm³/mol. The third kappa shape index (κ3) is 4.51. The highest BCUT2D eigenvalue weighted by atomic mass is 35.5. The van der Waals surface area contributed by atoms with E-state index in [1.807, 2.05) is 38.1 Å². The SMILES string of the molecule is Cc1cc(N)nc(C)c1CNC(=O)c1oc(Cc2ccc3ncc(Cl)cc3c2)nc1C. The molecule has 3 heterocycles. The van der Waals surface area contributed by atoms with E-state index in [4.69, 9.17) is 21.8 Å². The van der Waals surface area contributed by atoms with Crippen LogP contribution in [0.25, 0.3) is 10.9 Å². The number of amides is 1. The minimum atomic E-state index is -0.318. The molecule has 0 aliphatic heterocycles. The molecule has 0 spiro atoms. The summed E-state index contributed by atoms with van der Waals surface area (Å²) in [5.41, 5.74) is 10.9. The third-order valence-corrected chi connectivity index (χ3v) is 5.32. The van der Waals surface area contributed by atoms with Gasteiger partial charge in [-0.15, -0.1) is 0 Å². The van der Waals surface area contributed by atoms with Crippen molar-refractivity contribution in [2.75, 3.05) is 5.73 Å². The Labute approximate surface area is 184 Å². The quantitative estimate of drug-likeness (QED) is 0.484. The van der Waals surface area contributed by atoms with E-state index in [2.05, 4.69) is 20.3 Å². The monoisotopic (exact) mass is 435 g/mol. The molecular formula is C23H22ClN5O2. The van der Waals surface area contributed by atoms with Crippen molar-refractivity contribution < 1.29 is 9.21 Å². The Hall–Kier alpha value is -3.45. The van der Waals surface area contributed by atoms with Crippen LogP contribution in [0.1, 0.15) is 44.5 Å². The lowest BCUT2D eigenvalue weighted by Crippen LogP contribution is -2.24. The Balaban J connectivity index is 1.49. The van der Waals surface area contributed by atoms with E-state index in [1.165, 1.54) is 0 Å². The van der Waals surface area contributed by atoms with E-state index in [0.717, 1.165) is 33.3 Å². The number of aryl methyl sites for hydroxylation is 3. The molecule has 8 heteroatoms. The first-order valence-corrected chi connectivity index (χ1v) is 10.2.